The van der Waals surface area contributed by atoms with Gasteiger partial charge in [0.2, 0.25) is 0 Å². The van der Waals surface area contributed by atoms with Gasteiger partial charge in [-0.15, -0.1) is 0 Å². The lowest BCUT2D eigenvalue weighted by Gasteiger charge is -2.17. The molecule has 1 aromatic rings. The van der Waals surface area contributed by atoms with Crippen LogP contribution < -0.4 is 5.32 Å². The molecule has 0 aliphatic carbocycles. The third-order valence-corrected chi connectivity index (χ3v) is 2.52. The highest BCUT2D eigenvalue weighted by Crippen LogP contribution is 2.05. The molecule has 7 heteroatoms. The van der Waals surface area contributed by atoms with Crippen LogP contribution in [-0.4, -0.2) is 33.0 Å². The minimum Gasteiger partial charge on any atom is -0.481 e. The average molecular weight is 258 g/mol. The Morgan fingerprint density at radius 3 is 2.59 bits per heavy atom. The van der Waals surface area contributed by atoms with Crippen molar-refractivity contribution in [1.29, 1.82) is 0 Å². The number of hydrogen-bond acceptors (Lipinski definition) is 4. The molecule has 0 radical (unpaired) electrons. The Morgan fingerprint density at radius 2 is 2.06 bits per heavy atom. The van der Waals surface area contributed by atoms with Crippen molar-refractivity contribution in [1.82, 2.24) is 15.3 Å². The Labute approximate surface area is 103 Å². The molecule has 1 amide bonds. The Kier molecular flexibility index (Phi) is 4.39. The second kappa shape index (κ2) is 5.58. The van der Waals surface area contributed by atoms with Crippen LogP contribution in [0.5, 0.6) is 0 Å². The van der Waals surface area contributed by atoms with E-state index in [-0.39, 0.29) is 10.8 Å². The number of nitrogens with one attached hydrogen (secondary N) is 1. The van der Waals surface area contributed by atoms with E-state index in [2.05, 4.69) is 15.3 Å². The minimum atomic E-state index is -0.977. The Hall–Kier alpha value is -1.69. The van der Waals surface area contributed by atoms with Crippen molar-refractivity contribution in [3.8, 4) is 0 Å². The van der Waals surface area contributed by atoms with Gasteiger partial charge in [0, 0.05) is 6.04 Å². The Bertz CT molecular complexity index is 439. The maximum Gasteiger partial charge on any atom is 0.308 e. The summed E-state index contributed by atoms with van der Waals surface area (Å²) in [7, 11) is 0. The average Bonchev–Trinajstić information content (AvgIpc) is 2.27. The van der Waals surface area contributed by atoms with Gasteiger partial charge in [0.15, 0.2) is 0 Å². The first-order valence-corrected chi connectivity index (χ1v) is 5.31. The summed E-state index contributed by atoms with van der Waals surface area (Å²) in [5.41, 5.74) is 0.0574. The van der Waals surface area contributed by atoms with E-state index >= 15 is 0 Å². The normalized spacial score (nSPS) is 13.8. The van der Waals surface area contributed by atoms with Crippen molar-refractivity contribution in [3.05, 3.63) is 23.2 Å². The monoisotopic (exact) mass is 257 g/mol. The third kappa shape index (κ3) is 3.67. The Morgan fingerprint density at radius 1 is 1.41 bits per heavy atom. The van der Waals surface area contributed by atoms with Gasteiger partial charge in [0.25, 0.3) is 5.91 Å². The smallest absolute Gasteiger partial charge is 0.308 e. The molecule has 0 spiro atoms. The molecule has 0 fully saturated rings. The molecule has 0 bridgehead atoms. The molecular formula is C10H12ClN3O3. The number of nitrogens with zero attached hydrogens (tertiary/aromatic N) is 2. The fourth-order valence-electron chi connectivity index (χ4n) is 1.07. The first-order valence-electron chi connectivity index (χ1n) is 4.93. The van der Waals surface area contributed by atoms with Crippen LogP contribution in [0, 0.1) is 5.92 Å². The van der Waals surface area contributed by atoms with Crippen LogP contribution in [0.25, 0.3) is 0 Å². The second-order valence-electron chi connectivity index (χ2n) is 3.62. The summed E-state index contributed by atoms with van der Waals surface area (Å²) >= 11 is 5.59. The lowest BCUT2D eigenvalue weighted by Crippen LogP contribution is -2.40. The van der Waals surface area contributed by atoms with E-state index < -0.39 is 23.8 Å². The van der Waals surface area contributed by atoms with E-state index in [0.29, 0.717) is 0 Å². The van der Waals surface area contributed by atoms with Crippen LogP contribution in [0.3, 0.4) is 0 Å². The molecule has 0 aliphatic heterocycles. The topological polar surface area (TPSA) is 92.2 Å². The predicted molar refractivity (Wildman–Crippen MR) is 60.8 cm³/mol. The van der Waals surface area contributed by atoms with Crippen LogP contribution in [0.15, 0.2) is 12.4 Å². The molecular weight excluding hydrogens is 246 g/mol. The van der Waals surface area contributed by atoms with E-state index in [1.807, 2.05) is 0 Å². The number of halogens is 1. The van der Waals surface area contributed by atoms with E-state index in [1.165, 1.54) is 19.3 Å². The van der Waals surface area contributed by atoms with Crippen molar-refractivity contribution in [3.63, 3.8) is 0 Å². The van der Waals surface area contributed by atoms with Gasteiger partial charge in [-0.25, -0.2) is 4.98 Å². The van der Waals surface area contributed by atoms with Crippen molar-refractivity contribution < 1.29 is 14.7 Å². The van der Waals surface area contributed by atoms with Crippen LogP contribution in [0.1, 0.15) is 24.3 Å². The molecule has 1 rings (SSSR count). The highest BCUT2D eigenvalue weighted by molar-refractivity contribution is 6.29. The molecule has 0 saturated carbocycles. The third-order valence-electron chi connectivity index (χ3n) is 2.34. The van der Waals surface area contributed by atoms with Gasteiger partial charge in [0.05, 0.1) is 18.3 Å². The zero-order valence-corrected chi connectivity index (χ0v) is 10.1. The van der Waals surface area contributed by atoms with Gasteiger partial charge < -0.3 is 10.4 Å². The molecule has 1 heterocycles. The van der Waals surface area contributed by atoms with Gasteiger partial charge in [-0.2, -0.15) is 0 Å². The molecule has 17 heavy (non-hydrogen) atoms. The standard InChI is InChI=1S/C10H12ClN3O3/c1-5(10(16)17)6(2)13-9(15)7-3-12-4-8(11)14-7/h3-6H,1-2H3,(H,13,15)(H,16,17). The van der Waals surface area contributed by atoms with E-state index in [1.54, 1.807) is 6.92 Å². The molecule has 1 aromatic heterocycles. The summed E-state index contributed by atoms with van der Waals surface area (Å²) in [4.78, 5) is 29.9. The SMILES string of the molecule is CC(NC(=O)c1cncc(Cl)n1)C(C)C(=O)O. The first-order chi connectivity index (χ1) is 7.91. The molecule has 2 unspecified atom stereocenters. The minimum absolute atomic E-state index is 0.0574. The fourth-order valence-corrected chi connectivity index (χ4v) is 1.22. The van der Waals surface area contributed by atoms with Gasteiger partial charge in [0.1, 0.15) is 10.8 Å². The molecule has 0 saturated heterocycles. The molecule has 2 N–H and O–H groups in total. The number of carboxylic acid groups (broad SMARTS) is 1. The van der Waals surface area contributed by atoms with Crippen LogP contribution in [0.4, 0.5) is 0 Å². The maximum absolute atomic E-state index is 11.7. The van der Waals surface area contributed by atoms with Gasteiger partial charge in [-0.1, -0.05) is 11.6 Å². The number of carboxylic acids is 1. The fraction of sp³-hybridized carbons (Fsp3) is 0.400. The molecule has 6 nitrogen and oxygen atoms in total. The van der Waals surface area contributed by atoms with Crippen molar-refractivity contribution in [2.24, 2.45) is 5.92 Å². The van der Waals surface area contributed by atoms with Crippen LogP contribution in [-0.2, 0) is 4.79 Å². The maximum atomic E-state index is 11.7. The van der Waals surface area contributed by atoms with Crippen molar-refractivity contribution in [2.75, 3.05) is 0 Å². The lowest BCUT2D eigenvalue weighted by atomic mass is 10.0. The van der Waals surface area contributed by atoms with Gasteiger partial charge in [-0.3, -0.25) is 14.6 Å². The van der Waals surface area contributed by atoms with Crippen molar-refractivity contribution >= 4 is 23.5 Å². The van der Waals surface area contributed by atoms with E-state index in [4.69, 9.17) is 16.7 Å². The summed E-state index contributed by atoms with van der Waals surface area (Å²) in [5.74, 6) is -2.17. The zero-order chi connectivity index (χ0) is 13.0. The first kappa shape index (κ1) is 13.4. The molecule has 2 atom stereocenters. The second-order valence-corrected chi connectivity index (χ2v) is 4.00. The summed E-state index contributed by atoms with van der Waals surface area (Å²) in [5, 5.41) is 11.4. The number of aromatic nitrogens is 2. The zero-order valence-electron chi connectivity index (χ0n) is 9.35. The summed E-state index contributed by atoms with van der Waals surface area (Å²) in [6.45, 7) is 3.12. The quantitative estimate of drug-likeness (QED) is 0.838. The highest BCUT2D eigenvalue weighted by Gasteiger charge is 2.22. The number of rotatable bonds is 4. The molecule has 0 aromatic carbocycles. The van der Waals surface area contributed by atoms with Crippen LogP contribution in [0.2, 0.25) is 5.15 Å². The van der Waals surface area contributed by atoms with Gasteiger partial charge >= 0.3 is 5.97 Å². The number of carbonyl (C=O) groups excluding carboxylic acids is 1. The predicted octanol–water partition coefficient (Wildman–Crippen LogP) is 0.969. The highest BCUT2D eigenvalue weighted by atomic mass is 35.5. The van der Waals surface area contributed by atoms with Crippen LogP contribution >= 0.6 is 11.6 Å². The number of aliphatic carboxylic acids is 1. The lowest BCUT2D eigenvalue weighted by molar-refractivity contribution is -0.141. The number of amides is 1. The van der Waals surface area contributed by atoms with E-state index in [0.717, 1.165) is 0 Å². The summed E-state index contributed by atoms with van der Waals surface area (Å²) in [6, 6.07) is -0.513. The Balaban J connectivity index is 2.70. The summed E-state index contributed by atoms with van der Waals surface area (Å²) in [6.07, 6.45) is 2.57. The number of carbonyl (C=O) groups is 2. The van der Waals surface area contributed by atoms with Gasteiger partial charge in [-0.05, 0) is 13.8 Å². The molecule has 0 aliphatic rings. The van der Waals surface area contributed by atoms with Crippen molar-refractivity contribution in [2.45, 2.75) is 19.9 Å². The summed E-state index contributed by atoms with van der Waals surface area (Å²) < 4.78 is 0. The largest absolute Gasteiger partial charge is 0.481 e. The number of hydrogen-bond donors (Lipinski definition) is 2. The molecule has 92 valence electrons. The van der Waals surface area contributed by atoms with E-state index in [9.17, 15) is 9.59 Å².